The first-order chi connectivity index (χ1) is 17.1. The molecule has 2 aromatic carbocycles. The smallest absolute Gasteiger partial charge is 0.276 e. The fraction of sp³-hybridized carbons (Fsp3) is 0.185. The van der Waals surface area contributed by atoms with E-state index in [1.807, 2.05) is 66.3 Å². The molecule has 3 heterocycles. The van der Waals surface area contributed by atoms with E-state index in [-0.39, 0.29) is 5.91 Å². The van der Waals surface area contributed by atoms with Gasteiger partial charge in [0.05, 0.1) is 16.9 Å². The third-order valence-electron chi connectivity index (χ3n) is 5.85. The van der Waals surface area contributed by atoms with Crippen molar-refractivity contribution in [3.05, 3.63) is 83.8 Å². The Morgan fingerprint density at radius 1 is 1.09 bits per heavy atom. The highest BCUT2D eigenvalue weighted by Gasteiger charge is 2.31. The summed E-state index contributed by atoms with van der Waals surface area (Å²) in [6.07, 6.45) is 5.58. The minimum absolute atomic E-state index is 0.0990. The van der Waals surface area contributed by atoms with Gasteiger partial charge in [-0.05, 0) is 55.9 Å². The van der Waals surface area contributed by atoms with Gasteiger partial charge in [0.15, 0.2) is 5.11 Å². The summed E-state index contributed by atoms with van der Waals surface area (Å²) >= 11 is 7.04. The van der Waals surface area contributed by atoms with Crippen LogP contribution in [0.5, 0.6) is 0 Å². The van der Waals surface area contributed by atoms with Crippen LogP contribution in [0.15, 0.2) is 82.5 Å². The Morgan fingerprint density at radius 2 is 1.89 bits per heavy atom. The molecule has 0 atom stereocenters. The third-order valence-corrected chi connectivity index (χ3v) is 7.31. The van der Waals surface area contributed by atoms with Crippen molar-refractivity contribution in [2.24, 2.45) is 0 Å². The Kier molecular flexibility index (Phi) is 6.66. The maximum atomic E-state index is 13.1. The van der Waals surface area contributed by atoms with E-state index >= 15 is 0 Å². The molecule has 2 aromatic heterocycles. The molecule has 6 nitrogen and oxygen atoms in total. The van der Waals surface area contributed by atoms with E-state index in [0.717, 1.165) is 50.6 Å². The number of nitrogens with zero attached hydrogens (tertiary/aromatic N) is 4. The van der Waals surface area contributed by atoms with E-state index in [2.05, 4.69) is 35.4 Å². The molecule has 35 heavy (non-hydrogen) atoms. The second-order valence-corrected chi connectivity index (χ2v) is 9.70. The van der Waals surface area contributed by atoms with Crippen LogP contribution in [0.1, 0.15) is 31.0 Å². The summed E-state index contributed by atoms with van der Waals surface area (Å²) in [5.74, 6) is -0.0990. The first kappa shape index (κ1) is 23.3. The van der Waals surface area contributed by atoms with E-state index in [0.29, 0.717) is 17.4 Å². The minimum atomic E-state index is -0.0990. The van der Waals surface area contributed by atoms with Gasteiger partial charge in [-0.2, -0.15) is 5.10 Å². The molecule has 1 N–H and O–H groups in total. The standard InChI is InChI=1S/C27H25N5OS2/c1-3-4-16-31-25(33)22(29-27(31)34)17-21-18(2)30-32(20-12-6-5-7-13-20)26(21)35-23-14-8-10-19-11-9-15-28-24(19)23/h5-15,17H,3-4,16H2,1-2H3,(H,29,34)/b22-17+. The minimum Gasteiger partial charge on any atom is -0.328 e. The average Bonchev–Trinajstić information content (AvgIpc) is 3.33. The average molecular weight is 500 g/mol. The molecule has 0 aliphatic carbocycles. The highest BCUT2D eigenvalue weighted by molar-refractivity contribution is 7.99. The number of amides is 1. The molecule has 1 fully saturated rings. The van der Waals surface area contributed by atoms with Crippen molar-refractivity contribution in [2.45, 2.75) is 36.6 Å². The number of hydrogen-bond acceptors (Lipinski definition) is 5. The quantitative estimate of drug-likeness (QED) is 0.259. The van der Waals surface area contributed by atoms with Crippen molar-refractivity contribution in [1.29, 1.82) is 0 Å². The van der Waals surface area contributed by atoms with Gasteiger partial charge in [-0.15, -0.1) is 0 Å². The number of hydrogen-bond donors (Lipinski definition) is 1. The number of aryl methyl sites for hydroxylation is 1. The Labute approximate surface area is 214 Å². The summed E-state index contributed by atoms with van der Waals surface area (Å²) in [4.78, 5) is 20.4. The molecule has 1 amide bonds. The largest absolute Gasteiger partial charge is 0.328 e. The number of rotatable bonds is 7. The summed E-state index contributed by atoms with van der Waals surface area (Å²) in [7, 11) is 0. The van der Waals surface area contributed by atoms with E-state index in [1.54, 1.807) is 16.7 Å². The number of carbonyl (C=O) groups is 1. The Bertz CT molecular complexity index is 1440. The molecule has 1 saturated heterocycles. The molecular formula is C27H25N5OS2. The maximum Gasteiger partial charge on any atom is 0.276 e. The number of unbranched alkanes of at least 4 members (excludes halogenated alkanes) is 1. The molecule has 0 radical (unpaired) electrons. The van der Waals surface area contributed by atoms with Gasteiger partial charge in [0.1, 0.15) is 10.7 Å². The first-order valence-electron chi connectivity index (χ1n) is 11.6. The lowest BCUT2D eigenvalue weighted by Gasteiger charge is -2.12. The zero-order valence-corrected chi connectivity index (χ0v) is 21.2. The molecule has 0 unspecified atom stereocenters. The summed E-state index contributed by atoms with van der Waals surface area (Å²) < 4.78 is 1.93. The van der Waals surface area contributed by atoms with Crippen LogP contribution in [-0.2, 0) is 4.79 Å². The fourth-order valence-electron chi connectivity index (χ4n) is 4.02. The number of aromatic nitrogens is 3. The van der Waals surface area contributed by atoms with Crippen LogP contribution in [0.25, 0.3) is 22.7 Å². The lowest BCUT2D eigenvalue weighted by atomic mass is 10.2. The van der Waals surface area contributed by atoms with Gasteiger partial charge in [-0.1, -0.05) is 61.5 Å². The highest BCUT2D eigenvalue weighted by Crippen LogP contribution is 2.38. The number of para-hydroxylation sites is 2. The molecule has 8 heteroatoms. The zero-order valence-electron chi connectivity index (χ0n) is 19.6. The Morgan fingerprint density at radius 3 is 2.69 bits per heavy atom. The molecular weight excluding hydrogens is 474 g/mol. The highest BCUT2D eigenvalue weighted by atomic mass is 32.2. The van der Waals surface area contributed by atoms with Crippen LogP contribution in [-0.4, -0.2) is 37.2 Å². The van der Waals surface area contributed by atoms with E-state index in [4.69, 9.17) is 17.3 Å². The number of thiocarbonyl (C=S) groups is 1. The number of fused-ring (bicyclic) bond motifs is 1. The third kappa shape index (κ3) is 4.59. The van der Waals surface area contributed by atoms with Crippen LogP contribution < -0.4 is 5.32 Å². The fourth-order valence-corrected chi connectivity index (χ4v) is 5.48. The van der Waals surface area contributed by atoms with E-state index < -0.39 is 0 Å². The van der Waals surface area contributed by atoms with Crippen LogP contribution in [0.2, 0.25) is 0 Å². The second-order valence-electron chi connectivity index (χ2n) is 8.28. The van der Waals surface area contributed by atoms with Gasteiger partial charge in [-0.3, -0.25) is 14.7 Å². The Hall–Kier alpha value is -3.49. The molecule has 0 saturated carbocycles. The van der Waals surface area contributed by atoms with Gasteiger partial charge in [0, 0.05) is 28.6 Å². The van der Waals surface area contributed by atoms with Crippen molar-refractivity contribution < 1.29 is 4.79 Å². The van der Waals surface area contributed by atoms with E-state index in [1.165, 1.54) is 0 Å². The second kappa shape index (κ2) is 10.0. The lowest BCUT2D eigenvalue weighted by Crippen LogP contribution is -2.31. The number of carbonyl (C=O) groups excluding carboxylic acids is 1. The number of pyridine rings is 1. The molecule has 0 spiro atoms. The number of benzene rings is 2. The van der Waals surface area contributed by atoms with Gasteiger partial charge in [0.2, 0.25) is 0 Å². The van der Waals surface area contributed by atoms with Crippen LogP contribution in [0, 0.1) is 6.92 Å². The number of nitrogens with one attached hydrogen (secondary N) is 1. The van der Waals surface area contributed by atoms with Crippen LogP contribution >= 0.6 is 24.0 Å². The van der Waals surface area contributed by atoms with Gasteiger partial charge < -0.3 is 5.32 Å². The molecule has 0 bridgehead atoms. The predicted octanol–water partition coefficient (Wildman–Crippen LogP) is 5.74. The van der Waals surface area contributed by atoms with Crippen molar-refractivity contribution >= 4 is 52.0 Å². The topological polar surface area (TPSA) is 63.1 Å². The van der Waals surface area contributed by atoms with Crippen molar-refractivity contribution in [2.75, 3.05) is 6.54 Å². The molecule has 1 aliphatic heterocycles. The molecule has 4 aromatic rings. The normalized spacial score (nSPS) is 14.8. The van der Waals surface area contributed by atoms with Gasteiger partial charge >= 0.3 is 0 Å². The molecule has 5 rings (SSSR count). The maximum absolute atomic E-state index is 13.1. The van der Waals surface area contributed by atoms with Crippen molar-refractivity contribution in [3.8, 4) is 5.69 Å². The zero-order chi connectivity index (χ0) is 24.4. The van der Waals surface area contributed by atoms with Crippen molar-refractivity contribution in [3.63, 3.8) is 0 Å². The van der Waals surface area contributed by atoms with Crippen LogP contribution in [0.3, 0.4) is 0 Å². The molecule has 1 aliphatic rings. The first-order valence-corrected chi connectivity index (χ1v) is 12.8. The van der Waals surface area contributed by atoms with Crippen LogP contribution in [0.4, 0.5) is 0 Å². The summed E-state index contributed by atoms with van der Waals surface area (Å²) in [5.41, 5.74) is 4.05. The molecule has 176 valence electrons. The van der Waals surface area contributed by atoms with E-state index in [9.17, 15) is 4.79 Å². The summed E-state index contributed by atoms with van der Waals surface area (Å²) in [6.45, 7) is 4.68. The van der Waals surface area contributed by atoms with Gasteiger partial charge in [-0.25, -0.2) is 4.68 Å². The Balaban J connectivity index is 1.62. The summed E-state index contributed by atoms with van der Waals surface area (Å²) in [6, 6.07) is 20.2. The summed E-state index contributed by atoms with van der Waals surface area (Å²) in [5, 5.41) is 10.4. The predicted molar refractivity (Wildman–Crippen MR) is 144 cm³/mol. The SMILES string of the molecule is CCCCN1C(=O)/C(=C\c2c(C)nn(-c3ccccc3)c2Sc2cccc3cccnc23)NC1=S. The van der Waals surface area contributed by atoms with Crippen molar-refractivity contribution in [1.82, 2.24) is 25.0 Å². The van der Waals surface area contributed by atoms with Gasteiger partial charge in [0.25, 0.3) is 5.91 Å². The monoisotopic (exact) mass is 499 g/mol. The lowest BCUT2D eigenvalue weighted by molar-refractivity contribution is -0.122.